The molecule has 19 heavy (non-hydrogen) atoms. The van der Waals surface area contributed by atoms with E-state index in [4.69, 9.17) is 0 Å². The van der Waals surface area contributed by atoms with Crippen molar-refractivity contribution in [3.05, 3.63) is 0 Å². The highest BCUT2D eigenvalue weighted by Gasteiger charge is 2.36. The maximum atomic E-state index is 12.5. The van der Waals surface area contributed by atoms with Gasteiger partial charge in [-0.25, -0.2) is 0 Å². The van der Waals surface area contributed by atoms with Crippen LogP contribution in [-0.2, 0) is 4.79 Å². The maximum absolute atomic E-state index is 12.5. The standard InChI is InChI=1S/C15H31N3O/c1-11(2)9-13(10-17(5)6)18-8-7-14(15(18)19)16-12(3)4/h11-14,16H,7-10H2,1-6H3. The summed E-state index contributed by atoms with van der Waals surface area (Å²) in [6, 6.07) is 0.740. The monoisotopic (exact) mass is 269 g/mol. The molecule has 1 aliphatic heterocycles. The number of carbonyl (C=O) groups excluding carboxylic acids is 1. The third-order valence-electron chi connectivity index (χ3n) is 3.53. The van der Waals surface area contributed by atoms with Gasteiger partial charge in [0, 0.05) is 25.2 Å². The fourth-order valence-electron chi connectivity index (χ4n) is 2.89. The van der Waals surface area contributed by atoms with Crippen LogP contribution in [0.2, 0.25) is 0 Å². The number of likely N-dealkylation sites (N-methyl/N-ethyl adjacent to an activating group) is 1. The van der Waals surface area contributed by atoms with Crippen molar-refractivity contribution in [3.63, 3.8) is 0 Å². The van der Waals surface area contributed by atoms with Gasteiger partial charge < -0.3 is 15.1 Å². The Labute approximate surface area is 118 Å². The predicted molar refractivity (Wildman–Crippen MR) is 80.2 cm³/mol. The second kappa shape index (κ2) is 7.25. The largest absolute Gasteiger partial charge is 0.337 e. The lowest BCUT2D eigenvalue weighted by Crippen LogP contribution is -2.48. The number of hydrogen-bond donors (Lipinski definition) is 1. The molecule has 1 heterocycles. The number of carbonyl (C=O) groups is 1. The Hall–Kier alpha value is -0.610. The predicted octanol–water partition coefficient (Wildman–Crippen LogP) is 1.56. The van der Waals surface area contributed by atoms with Crippen molar-refractivity contribution in [1.29, 1.82) is 0 Å². The molecule has 1 fully saturated rings. The summed E-state index contributed by atoms with van der Waals surface area (Å²) in [5.74, 6) is 0.913. The Balaban J connectivity index is 2.67. The van der Waals surface area contributed by atoms with E-state index in [1.165, 1.54) is 0 Å². The summed E-state index contributed by atoms with van der Waals surface area (Å²) >= 11 is 0. The van der Waals surface area contributed by atoms with Crippen molar-refractivity contribution in [2.45, 2.75) is 58.7 Å². The van der Waals surface area contributed by atoms with Crippen molar-refractivity contribution in [3.8, 4) is 0 Å². The number of nitrogens with zero attached hydrogens (tertiary/aromatic N) is 2. The summed E-state index contributed by atoms with van der Waals surface area (Å²) < 4.78 is 0. The molecule has 0 aromatic heterocycles. The molecular weight excluding hydrogens is 238 g/mol. The Morgan fingerprint density at radius 1 is 1.32 bits per heavy atom. The van der Waals surface area contributed by atoms with E-state index in [0.29, 0.717) is 23.9 Å². The summed E-state index contributed by atoms with van der Waals surface area (Å²) in [7, 11) is 4.16. The van der Waals surface area contributed by atoms with Crippen LogP contribution in [0.1, 0.15) is 40.5 Å². The lowest BCUT2D eigenvalue weighted by atomic mass is 10.0. The average Bonchev–Trinajstić information content (AvgIpc) is 2.57. The molecule has 0 aromatic carbocycles. The van der Waals surface area contributed by atoms with Gasteiger partial charge in [0.05, 0.1) is 6.04 Å². The van der Waals surface area contributed by atoms with Crippen LogP contribution in [0, 0.1) is 5.92 Å². The van der Waals surface area contributed by atoms with E-state index in [0.717, 1.165) is 25.9 Å². The number of likely N-dealkylation sites (tertiary alicyclic amines) is 1. The molecule has 2 unspecified atom stereocenters. The topological polar surface area (TPSA) is 35.6 Å². The van der Waals surface area contributed by atoms with Gasteiger partial charge in [0.15, 0.2) is 0 Å². The second-order valence-corrected chi connectivity index (χ2v) is 6.74. The van der Waals surface area contributed by atoms with E-state index < -0.39 is 0 Å². The van der Waals surface area contributed by atoms with Crippen LogP contribution in [0.5, 0.6) is 0 Å². The number of hydrogen-bond acceptors (Lipinski definition) is 3. The van der Waals surface area contributed by atoms with Crippen molar-refractivity contribution in [2.24, 2.45) is 5.92 Å². The van der Waals surface area contributed by atoms with Crippen LogP contribution < -0.4 is 5.32 Å². The maximum Gasteiger partial charge on any atom is 0.240 e. The molecule has 0 saturated carbocycles. The molecular formula is C15H31N3O. The van der Waals surface area contributed by atoms with Crippen molar-refractivity contribution < 1.29 is 4.79 Å². The van der Waals surface area contributed by atoms with Gasteiger partial charge in [-0.3, -0.25) is 4.79 Å². The first kappa shape index (κ1) is 16.4. The Kier molecular flexibility index (Phi) is 6.27. The molecule has 1 amide bonds. The first-order valence-electron chi connectivity index (χ1n) is 7.52. The van der Waals surface area contributed by atoms with Crippen LogP contribution in [0.25, 0.3) is 0 Å². The molecule has 0 bridgehead atoms. The summed E-state index contributed by atoms with van der Waals surface area (Å²) in [6.07, 6.45) is 2.03. The highest BCUT2D eigenvalue weighted by atomic mass is 16.2. The lowest BCUT2D eigenvalue weighted by molar-refractivity contribution is -0.132. The minimum absolute atomic E-state index is 0.0248. The van der Waals surface area contributed by atoms with Crippen LogP contribution in [-0.4, -0.2) is 61.0 Å². The quantitative estimate of drug-likeness (QED) is 0.762. The van der Waals surface area contributed by atoms with Gasteiger partial charge in [0.1, 0.15) is 0 Å². The smallest absolute Gasteiger partial charge is 0.240 e. The van der Waals surface area contributed by atoms with Crippen LogP contribution >= 0.6 is 0 Å². The Morgan fingerprint density at radius 3 is 2.42 bits per heavy atom. The highest BCUT2D eigenvalue weighted by Crippen LogP contribution is 2.20. The van der Waals surface area contributed by atoms with E-state index in [9.17, 15) is 4.79 Å². The van der Waals surface area contributed by atoms with Gasteiger partial charge in [0.2, 0.25) is 5.91 Å². The third kappa shape index (κ3) is 5.11. The van der Waals surface area contributed by atoms with Crippen LogP contribution in [0.15, 0.2) is 0 Å². The zero-order chi connectivity index (χ0) is 14.6. The van der Waals surface area contributed by atoms with Gasteiger partial charge in [-0.05, 0) is 32.9 Å². The molecule has 112 valence electrons. The number of nitrogens with one attached hydrogen (secondary N) is 1. The first-order chi connectivity index (χ1) is 8.81. The van der Waals surface area contributed by atoms with Crippen molar-refractivity contribution >= 4 is 5.91 Å². The zero-order valence-electron chi connectivity index (χ0n) is 13.4. The molecule has 1 N–H and O–H groups in total. The third-order valence-corrected chi connectivity index (χ3v) is 3.53. The van der Waals surface area contributed by atoms with E-state index in [2.05, 4.69) is 56.9 Å². The number of amides is 1. The molecule has 1 saturated heterocycles. The van der Waals surface area contributed by atoms with Crippen LogP contribution in [0.4, 0.5) is 0 Å². The molecule has 4 nitrogen and oxygen atoms in total. The Morgan fingerprint density at radius 2 is 1.95 bits per heavy atom. The number of rotatable bonds is 7. The molecule has 2 atom stereocenters. The summed E-state index contributed by atoms with van der Waals surface area (Å²) in [5.41, 5.74) is 0. The lowest BCUT2D eigenvalue weighted by Gasteiger charge is -2.32. The fourth-order valence-corrected chi connectivity index (χ4v) is 2.89. The van der Waals surface area contributed by atoms with E-state index in [-0.39, 0.29) is 6.04 Å². The highest BCUT2D eigenvalue weighted by molar-refractivity contribution is 5.84. The molecule has 0 radical (unpaired) electrons. The van der Waals surface area contributed by atoms with Crippen molar-refractivity contribution in [1.82, 2.24) is 15.1 Å². The van der Waals surface area contributed by atoms with Crippen molar-refractivity contribution in [2.75, 3.05) is 27.2 Å². The van der Waals surface area contributed by atoms with Gasteiger partial charge in [-0.2, -0.15) is 0 Å². The Bertz CT molecular complexity index is 279. The zero-order valence-corrected chi connectivity index (χ0v) is 13.4. The van der Waals surface area contributed by atoms with E-state index >= 15 is 0 Å². The van der Waals surface area contributed by atoms with Gasteiger partial charge in [-0.1, -0.05) is 27.7 Å². The second-order valence-electron chi connectivity index (χ2n) is 6.74. The first-order valence-corrected chi connectivity index (χ1v) is 7.52. The van der Waals surface area contributed by atoms with Crippen LogP contribution in [0.3, 0.4) is 0 Å². The SMILES string of the molecule is CC(C)CC(CN(C)C)N1CCC(NC(C)C)C1=O. The van der Waals surface area contributed by atoms with Gasteiger partial charge in [0.25, 0.3) is 0 Å². The summed E-state index contributed by atoms with van der Waals surface area (Å²) in [5, 5.41) is 3.38. The molecule has 0 aliphatic carbocycles. The normalized spacial score (nSPS) is 22.1. The average molecular weight is 269 g/mol. The fraction of sp³-hybridized carbons (Fsp3) is 0.933. The molecule has 1 rings (SSSR count). The molecule has 1 aliphatic rings. The summed E-state index contributed by atoms with van der Waals surface area (Å²) in [6.45, 7) is 10.5. The van der Waals surface area contributed by atoms with E-state index in [1.54, 1.807) is 0 Å². The van der Waals surface area contributed by atoms with Gasteiger partial charge >= 0.3 is 0 Å². The molecule has 4 heteroatoms. The summed E-state index contributed by atoms with van der Waals surface area (Å²) in [4.78, 5) is 16.8. The molecule has 0 spiro atoms. The minimum Gasteiger partial charge on any atom is -0.337 e. The van der Waals surface area contributed by atoms with Gasteiger partial charge in [-0.15, -0.1) is 0 Å². The minimum atomic E-state index is 0.0248. The molecule has 0 aromatic rings. The van der Waals surface area contributed by atoms with E-state index in [1.807, 2.05) is 0 Å².